The highest BCUT2D eigenvalue weighted by Gasteiger charge is 2.40. The van der Waals surface area contributed by atoms with E-state index in [1.807, 2.05) is 31.2 Å². The van der Waals surface area contributed by atoms with Gasteiger partial charge >= 0.3 is 0 Å². The minimum Gasteiger partial charge on any atom is -0.494 e. The summed E-state index contributed by atoms with van der Waals surface area (Å²) in [7, 11) is 0. The molecular weight excluding hydrogens is 288 g/mol. The number of fused-ring (bicyclic) bond motifs is 2. The molecule has 2 saturated carbocycles. The fraction of sp³-hybridized carbons (Fsp3) is 0.632. The molecule has 0 radical (unpaired) electrons. The van der Waals surface area contributed by atoms with Crippen LogP contribution in [0.15, 0.2) is 24.3 Å². The molecule has 2 bridgehead atoms. The Hall–Kier alpha value is -1.55. The van der Waals surface area contributed by atoms with Crippen LogP contribution in [0.25, 0.3) is 0 Å². The maximum Gasteiger partial charge on any atom is 0.223 e. The van der Waals surface area contributed by atoms with Gasteiger partial charge in [-0.3, -0.25) is 4.79 Å². The fourth-order valence-corrected chi connectivity index (χ4v) is 4.28. The van der Waals surface area contributed by atoms with Gasteiger partial charge in [-0.1, -0.05) is 24.6 Å². The van der Waals surface area contributed by atoms with E-state index in [0.717, 1.165) is 24.2 Å². The van der Waals surface area contributed by atoms with Gasteiger partial charge in [-0.05, 0) is 50.5 Å². The highest BCUT2D eigenvalue weighted by atomic mass is 16.5. The van der Waals surface area contributed by atoms with Crippen molar-refractivity contribution in [2.75, 3.05) is 6.61 Å². The lowest BCUT2D eigenvalue weighted by atomic mass is 9.65. The summed E-state index contributed by atoms with van der Waals surface area (Å²) in [5, 5.41) is 3.11. The quantitative estimate of drug-likeness (QED) is 0.878. The zero-order valence-electron chi connectivity index (χ0n) is 14.0. The predicted molar refractivity (Wildman–Crippen MR) is 91.0 cm³/mol. The molecule has 4 nitrogen and oxygen atoms in total. The summed E-state index contributed by atoms with van der Waals surface area (Å²) in [4.78, 5) is 12.6. The molecule has 0 aromatic heterocycles. The van der Waals surface area contributed by atoms with Gasteiger partial charge in [0.2, 0.25) is 5.91 Å². The third-order valence-corrected chi connectivity index (χ3v) is 5.51. The molecule has 1 aromatic carbocycles. The van der Waals surface area contributed by atoms with Crippen LogP contribution >= 0.6 is 0 Å². The first kappa shape index (κ1) is 16.3. The lowest BCUT2D eigenvalue weighted by Gasteiger charge is -2.43. The second-order valence-corrected chi connectivity index (χ2v) is 6.96. The maximum atomic E-state index is 12.6. The van der Waals surface area contributed by atoms with Gasteiger partial charge in [0.25, 0.3) is 0 Å². The smallest absolute Gasteiger partial charge is 0.223 e. The van der Waals surface area contributed by atoms with Crippen molar-refractivity contribution in [3.05, 3.63) is 29.8 Å². The minimum absolute atomic E-state index is 0.129. The van der Waals surface area contributed by atoms with Crippen molar-refractivity contribution in [2.45, 2.75) is 51.6 Å². The van der Waals surface area contributed by atoms with Crippen molar-refractivity contribution in [1.82, 2.24) is 5.32 Å². The number of carbonyl (C=O) groups excluding carboxylic acids is 1. The van der Waals surface area contributed by atoms with Gasteiger partial charge in [0.15, 0.2) is 0 Å². The van der Waals surface area contributed by atoms with Gasteiger partial charge in [0.1, 0.15) is 5.75 Å². The minimum atomic E-state index is 0.129. The Morgan fingerprint density at radius 3 is 2.65 bits per heavy atom. The Kier molecular flexibility index (Phi) is 5.21. The fourth-order valence-electron chi connectivity index (χ4n) is 4.28. The highest BCUT2D eigenvalue weighted by Crippen LogP contribution is 2.41. The molecular formula is C19H28N2O2. The summed E-state index contributed by atoms with van der Waals surface area (Å²) >= 11 is 0. The number of para-hydroxylation sites is 1. The lowest BCUT2D eigenvalue weighted by Crippen LogP contribution is -2.49. The number of benzene rings is 1. The number of rotatable bonds is 5. The van der Waals surface area contributed by atoms with Gasteiger partial charge in [0, 0.05) is 24.1 Å². The molecule has 4 heteroatoms. The molecule has 0 heterocycles. The number of amides is 1. The highest BCUT2D eigenvalue weighted by molar-refractivity contribution is 5.78. The summed E-state index contributed by atoms with van der Waals surface area (Å²) in [5.74, 6) is 2.24. The average molecular weight is 316 g/mol. The number of hydrogen-bond donors (Lipinski definition) is 2. The molecule has 23 heavy (non-hydrogen) atoms. The number of nitrogens with two attached hydrogens (primary N) is 1. The van der Waals surface area contributed by atoms with E-state index in [0.29, 0.717) is 31.0 Å². The van der Waals surface area contributed by atoms with Crippen LogP contribution in [0.4, 0.5) is 0 Å². The van der Waals surface area contributed by atoms with Gasteiger partial charge in [-0.25, -0.2) is 0 Å². The molecule has 0 spiro atoms. The van der Waals surface area contributed by atoms with E-state index in [-0.39, 0.29) is 11.8 Å². The Bertz CT molecular complexity index is 532. The van der Waals surface area contributed by atoms with Crippen LogP contribution in [-0.4, -0.2) is 18.6 Å². The Morgan fingerprint density at radius 2 is 1.96 bits per heavy atom. The van der Waals surface area contributed by atoms with Crippen LogP contribution < -0.4 is 15.8 Å². The van der Waals surface area contributed by atoms with Gasteiger partial charge < -0.3 is 15.8 Å². The van der Waals surface area contributed by atoms with Gasteiger partial charge in [-0.15, -0.1) is 0 Å². The third-order valence-electron chi connectivity index (χ3n) is 5.51. The molecule has 0 aliphatic heterocycles. The van der Waals surface area contributed by atoms with Crippen molar-refractivity contribution in [1.29, 1.82) is 0 Å². The largest absolute Gasteiger partial charge is 0.494 e. The SMILES string of the molecule is CCOc1ccccc1CNC(=O)C1CC2CCCC(C1)C2N. The zero-order chi connectivity index (χ0) is 16.2. The molecule has 126 valence electrons. The molecule has 0 saturated heterocycles. The third kappa shape index (κ3) is 3.69. The second kappa shape index (κ2) is 7.35. The topological polar surface area (TPSA) is 64.3 Å². The van der Waals surface area contributed by atoms with Crippen LogP contribution in [0, 0.1) is 17.8 Å². The zero-order valence-corrected chi connectivity index (χ0v) is 14.0. The van der Waals surface area contributed by atoms with Gasteiger partial charge in [0.05, 0.1) is 6.61 Å². The summed E-state index contributed by atoms with van der Waals surface area (Å²) in [6.07, 6.45) is 5.57. The van der Waals surface area contributed by atoms with Crippen LogP contribution in [0.2, 0.25) is 0 Å². The number of hydrogen-bond acceptors (Lipinski definition) is 3. The standard InChI is InChI=1S/C19H28N2O2/c1-2-23-17-9-4-3-6-15(17)12-21-19(22)16-10-13-7-5-8-14(11-16)18(13)20/h3-4,6,9,13-14,16,18H,2,5,7-8,10-12,20H2,1H3,(H,21,22). The molecule has 2 aliphatic carbocycles. The summed E-state index contributed by atoms with van der Waals surface area (Å²) in [6.45, 7) is 3.14. The van der Waals surface area contributed by atoms with E-state index in [4.69, 9.17) is 10.5 Å². The van der Waals surface area contributed by atoms with Crippen molar-refractivity contribution >= 4 is 5.91 Å². The molecule has 2 aliphatic rings. The monoisotopic (exact) mass is 316 g/mol. The number of nitrogens with one attached hydrogen (secondary N) is 1. The van der Waals surface area contributed by atoms with Crippen molar-refractivity contribution < 1.29 is 9.53 Å². The van der Waals surface area contributed by atoms with E-state index in [1.54, 1.807) is 0 Å². The summed E-state index contributed by atoms with van der Waals surface area (Å²) in [5.41, 5.74) is 7.35. The van der Waals surface area contributed by atoms with Crippen molar-refractivity contribution in [2.24, 2.45) is 23.5 Å². The van der Waals surface area contributed by atoms with E-state index in [2.05, 4.69) is 5.32 Å². The number of ether oxygens (including phenoxy) is 1. The van der Waals surface area contributed by atoms with Crippen LogP contribution in [0.3, 0.4) is 0 Å². The molecule has 2 unspecified atom stereocenters. The average Bonchev–Trinajstić information content (AvgIpc) is 2.54. The molecule has 3 N–H and O–H groups in total. The molecule has 1 aromatic rings. The van der Waals surface area contributed by atoms with Crippen molar-refractivity contribution in [3.63, 3.8) is 0 Å². The lowest BCUT2D eigenvalue weighted by molar-refractivity contribution is -0.128. The summed E-state index contributed by atoms with van der Waals surface area (Å²) in [6, 6.07) is 8.21. The number of carbonyl (C=O) groups is 1. The molecule has 2 fully saturated rings. The van der Waals surface area contributed by atoms with E-state index < -0.39 is 0 Å². The van der Waals surface area contributed by atoms with Gasteiger partial charge in [-0.2, -0.15) is 0 Å². The first-order valence-electron chi connectivity index (χ1n) is 8.93. The maximum absolute atomic E-state index is 12.6. The normalized spacial score (nSPS) is 29.8. The second-order valence-electron chi connectivity index (χ2n) is 6.96. The van der Waals surface area contributed by atoms with Crippen LogP contribution in [0.1, 0.15) is 44.6 Å². The van der Waals surface area contributed by atoms with Crippen LogP contribution in [-0.2, 0) is 11.3 Å². The Labute approximate surface area is 138 Å². The first-order valence-corrected chi connectivity index (χ1v) is 8.93. The van der Waals surface area contributed by atoms with E-state index in [1.165, 1.54) is 19.3 Å². The molecule has 1 amide bonds. The Balaban J connectivity index is 1.58. The first-order chi connectivity index (χ1) is 11.2. The molecule has 3 rings (SSSR count). The van der Waals surface area contributed by atoms with E-state index in [9.17, 15) is 4.79 Å². The Morgan fingerprint density at radius 1 is 1.26 bits per heavy atom. The van der Waals surface area contributed by atoms with Crippen LogP contribution in [0.5, 0.6) is 5.75 Å². The molecule has 2 atom stereocenters. The predicted octanol–water partition coefficient (Wildman–Crippen LogP) is 2.86. The van der Waals surface area contributed by atoms with Crippen molar-refractivity contribution in [3.8, 4) is 5.75 Å². The van der Waals surface area contributed by atoms with E-state index >= 15 is 0 Å². The summed E-state index contributed by atoms with van der Waals surface area (Å²) < 4.78 is 5.62.